The van der Waals surface area contributed by atoms with Crippen LogP contribution in [0.5, 0.6) is 5.75 Å². The maximum Gasteiger partial charge on any atom is 0.261 e. The van der Waals surface area contributed by atoms with E-state index in [2.05, 4.69) is 4.72 Å². The first kappa shape index (κ1) is 17.4. The van der Waals surface area contributed by atoms with E-state index < -0.39 is 10.0 Å². The summed E-state index contributed by atoms with van der Waals surface area (Å²) in [6, 6.07) is 22.3. The van der Waals surface area contributed by atoms with Crippen molar-refractivity contribution in [1.82, 2.24) is 0 Å². The summed E-state index contributed by atoms with van der Waals surface area (Å²) in [6.07, 6.45) is 0. The van der Waals surface area contributed by atoms with Crippen molar-refractivity contribution < 1.29 is 13.2 Å². The zero-order valence-corrected chi connectivity index (χ0v) is 15.9. The second-order valence-corrected chi connectivity index (χ2v) is 8.16. The molecule has 0 bridgehead atoms. The van der Waals surface area contributed by atoms with Gasteiger partial charge in [0.05, 0.1) is 17.7 Å². The molecule has 0 radical (unpaired) electrons. The van der Waals surface area contributed by atoms with Crippen molar-refractivity contribution in [2.45, 2.75) is 11.8 Å². The Labute approximate surface area is 158 Å². The van der Waals surface area contributed by atoms with Crippen LogP contribution in [0.4, 0.5) is 5.69 Å². The van der Waals surface area contributed by atoms with E-state index in [0.29, 0.717) is 11.4 Å². The second-order valence-electron chi connectivity index (χ2n) is 6.48. The Balaban J connectivity index is 1.92. The standard InChI is InChI=1S/C22H19NO3S/c1-15-7-10-18(11-8-15)27(24,25)23-22-13-16-5-3-4-6-19(16)20-12-9-17(26-2)14-21(20)22/h3-14,23H,1-2H3. The van der Waals surface area contributed by atoms with Crippen LogP contribution in [0.3, 0.4) is 0 Å². The van der Waals surface area contributed by atoms with Crippen LogP contribution in [0.1, 0.15) is 5.56 Å². The smallest absolute Gasteiger partial charge is 0.261 e. The number of anilines is 1. The van der Waals surface area contributed by atoms with Crippen molar-refractivity contribution in [3.63, 3.8) is 0 Å². The molecule has 4 rings (SSSR count). The van der Waals surface area contributed by atoms with Gasteiger partial charge in [0.1, 0.15) is 5.75 Å². The number of benzene rings is 4. The van der Waals surface area contributed by atoms with E-state index in [4.69, 9.17) is 4.74 Å². The van der Waals surface area contributed by atoms with Crippen molar-refractivity contribution >= 4 is 37.3 Å². The predicted octanol–water partition coefficient (Wildman–Crippen LogP) is 5.11. The van der Waals surface area contributed by atoms with Gasteiger partial charge >= 0.3 is 0 Å². The second kappa shape index (κ2) is 6.59. The summed E-state index contributed by atoms with van der Waals surface area (Å²) in [7, 11) is -2.10. The Hall–Kier alpha value is -3.05. The van der Waals surface area contributed by atoms with Gasteiger partial charge < -0.3 is 4.74 Å². The number of ether oxygens (including phenoxy) is 1. The molecule has 1 N–H and O–H groups in total. The van der Waals surface area contributed by atoms with Crippen molar-refractivity contribution in [3.05, 3.63) is 78.4 Å². The quantitative estimate of drug-likeness (QED) is 0.503. The third-order valence-electron chi connectivity index (χ3n) is 4.64. The van der Waals surface area contributed by atoms with Gasteiger partial charge in [-0.25, -0.2) is 8.42 Å². The highest BCUT2D eigenvalue weighted by molar-refractivity contribution is 7.92. The molecule has 27 heavy (non-hydrogen) atoms. The summed E-state index contributed by atoms with van der Waals surface area (Å²) in [6.45, 7) is 1.92. The van der Waals surface area contributed by atoms with Crippen molar-refractivity contribution in [2.75, 3.05) is 11.8 Å². The number of fused-ring (bicyclic) bond motifs is 3. The van der Waals surface area contributed by atoms with E-state index in [1.807, 2.05) is 55.5 Å². The van der Waals surface area contributed by atoms with Crippen molar-refractivity contribution in [2.24, 2.45) is 0 Å². The summed E-state index contributed by atoms with van der Waals surface area (Å²) < 4.78 is 33.9. The molecule has 0 amide bonds. The molecule has 5 heteroatoms. The molecule has 0 saturated carbocycles. The lowest BCUT2D eigenvalue weighted by Gasteiger charge is -2.14. The Morgan fingerprint density at radius 1 is 0.815 bits per heavy atom. The van der Waals surface area contributed by atoms with Crippen LogP contribution in [0.2, 0.25) is 0 Å². The zero-order valence-electron chi connectivity index (χ0n) is 15.1. The minimum Gasteiger partial charge on any atom is -0.497 e. The fourth-order valence-corrected chi connectivity index (χ4v) is 4.29. The average Bonchev–Trinajstić information content (AvgIpc) is 2.68. The first-order valence-corrected chi connectivity index (χ1v) is 10.1. The first-order chi connectivity index (χ1) is 13.0. The lowest BCUT2D eigenvalue weighted by atomic mass is 10.0. The Morgan fingerprint density at radius 2 is 1.56 bits per heavy atom. The van der Waals surface area contributed by atoms with Crippen LogP contribution < -0.4 is 9.46 Å². The molecule has 0 spiro atoms. The highest BCUT2D eigenvalue weighted by Crippen LogP contribution is 2.35. The molecule has 0 aromatic heterocycles. The molecule has 0 aliphatic heterocycles. The predicted molar refractivity (Wildman–Crippen MR) is 110 cm³/mol. The number of hydrogen-bond donors (Lipinski definition) is 1. The summed E-state index contributed by atoms with van der Waals surface area (Å²) >= 11 is 0. The molecule has 0 aliphatic carbocycles. The molecule has 136 valence electrons. The van der Waals surface area contributed by atoms with Crippen LogP contribution in [0.25, 0.3) is 21.5 Å². The van der Waals surface area contributed by atoms with Crippen molar-refractivity contribution in [1.29, 1.82) is 0 Å². The van der Waals surface area contributed by atoms with Gasteiger partial charge in [0.2, 0.25) is 0 Å². The third-order valence-corrected chi connectivity index (χ3v) is 6.02. The van der Waals surface area contributed by atoms with Gasteiger partial charge in [-0.15, -0.1) is 0 Å². The summed E-state index contributed by atoms with van der Waals surface area (Å²) in [4.78, 5) is 0.234. The molecular formula is C22H19NO3S. The largest absolute Gasteiger partial charge is 0.497 e. The molecule has 0 atom stereocenters. The first-order valence-electron chi connectivity index (χ1n) is 8.57. The molecule has 0 heterocycles. The molecule has 4 aromatic carbocycles. The van der Waals surface area contributed by atoms with Gasteiger partial charge in [0, 0.05) is 5.39 Å². The highest BCUT2D eigenvalue weighted by atomic mass is 32.2. The minimum absolute atomic E-state index is 0.234. The SMILES string of the molecule is COc1ccc2c(c1)c(NS(=O)(=O)c1ccc(C)cc1)cc1ccccc12. The third kappa shape index (κ3) is 3.22. The van der Waals surface area contributed by atoms with Gasteiger partial charge in [0.15, 0.2) is 0 Å². The number of hydrogen-bond acceptors (Lipinski definition) is 3. The van der Waals surface area contributed by atoms with Gasteiger partial charge in [-0.1, -0.05) is 42.0 Å². The maximum absolute atomic E-state index is 12.9. The lowest BCUT2D eigenvalue weighted by molar-refractivity contribution is 0.415. The lowest BCUT2D eigenvalue weighted by Crippen LogP contribution is -2.13. The molecular weight excluding hydrogens is 358 g/mol. The van der Waals surface area contributed by atoms with Gasteiger partial charge in [-0.05, 0) is 59.5 Å². The van der Waals surface area contributed by atoms with E-state index in [-0.39, 0.29) is 4.90 Å². The number of methoxy groups -OCH3 is 1. The van der Waals surface area contributed by atoms with Gasteiger partial charge in [-0.3, -0.25) is 4.72 Å². The number of nitrogens with one attached hydrogen (secondary N) is 1. The van der Waals surface area contributed by atoms with E-state index in [1.165, 1.54) is 0 Å². The summed E-state index contributed by atoms with van der Waals surface area (Å²) in [5.41, 5.74) is 1.54. The van der Waals surface area contributed by atoms with E-state index >= 15 is 0 Å². The molecule has 0 unspecified atom stereocenters. The van der Waals surface area contributed by atoms with Gasteiger partial charge in [-0.2, -0.15) is 0 Å². The minimum atomic E-state index is -3.70. The number of sulfonamides is 1. The maximum atomic E-state index is 12.9. The average molecular weight is 377 g/mol. The van der Waals surface area contributed by atoms with Crippen LogP contribution >= 0.6 is 0 Å². The van der Waals surface area contributed by atoms with Crippen LogP contribution in [0, 0.1) is 6.92 Å². The summed E-state index contributed by atoms with van der Waals surface area (Å²) in [5, 5.41) is 3.80. The molecule has 0 aliphatic rings. The van der Waals surface area contributed by atoms with Crippen molar-refractivity contribution in [3.8, 4) is 5.75 Å². The number of rotatable bonds is 4. The molecule has 4 aromatic rings. The highest BCUT2D eigenvalue weighted by Gasteiger charge is 2.17. The number of aryl methyl sites for hydroxylation is 1. The van der Waals surface area contributed by atoms with E-state index in [9.17, 15) is 8.42 Å². The molecule has 4 nitrogen and oxygen atoms in total. The van der Waals surface area contributed by atoms with E-state index in [0.717, 1.165) is 27.1 Å². The topological polar surface area (TPSA) is 55.4 Å². The fraction of sp³-hybridized carbons (Fsp3) is 0.0909. The van der Waals surface area contributed by atoms with Crippen LogP contribution in [-0.2, 0) is 10.0 Å². The van der Waals surface area contributed by atoms with E-state index in [1.54, 1.807) is 31.4 Å². The summed E-state index contributed by atoms with van der Waals surface area (Å²) in [5.74, 6) is 0.675. The Kier molecular flexibility index (Phi) is 4.24. The fourth-order valence-electron chi connectivity index (χ4n) is 3.21. The van der Waals surface area contributed by atoms with Crippen LogP contribution in [-0.4, -0.2) is 15.5 Å². The zero-order chi connectivity index (χ0) is 19.0. The Morgan fingerprint density at radius 3 is 2.30 bits per heavy atom. The molecule has 0 fully saturated rings. The Bertz CT molecular complexity index is 1250. The normalized spacial score (nSPS) is 11.6. The van der Waals surface area contributed by atoms with Gasteiger partial charge in [0.25, 0.3) is 10.0 Å². The monoisotopic (exact) mass is 377 g/mol. The van der Waals surface area contributed by atoms with Crippen LogP contribution in [0.15, 0.2) is 77.7 Å². The molecule has 0 saturated heterocycles.